The standard InChI is InChI=1S/C13H27N3S/c1-4-5-8-14-13(17)16(3)11-12-6-9-15(2)10-7-12/h12H,4-11H2,1-3H3,(H,14,17). The first-order valence-corrected chi connectivity index (χ1v) is 7.21. The molecule has 0 unspecified atom stereocenters. The molecule has 0 bridgehead atoms. The fourth-order valence-electron chi connectivity index (χ4n) is 2.22. The fraction of sp³-hybridized carbons (Fsp3) is 0.923. The molecular weight excluding hydrogens is 230 g/mol. The molecular formula is C13H27N3S. The highest BCUT2D eigenvalue weighted by Crippen LogP contribution is 2.16. The van der Waals surface area contributed by atoms with Gasteiger partial charge in [-0.2, -0.15) is 0 Å². The molecule has 0 aromatic heterocycles. The third-order valence-corrected chi connectivity index (χ3v) is 3.98. The molecule has 1 saturated heterocycles. The van der Waals surface area contributed by atoms with E-state index in [-0.39, 0.29) is 0 Å². The summed E-state index contributed by atoms with van der Waals surface area (Å²) in [6, 6.07) is 0. The summed E-state index contributed by atoms with van der Waals surface area (Å²) in [5.41, 5.74) is 0. The SMILES string of the molecule is CCCCNC(=S)N(C)CC1CCN(C)CC1. The Morgan fingerprint density at radius 1 is 1.41 bits per heavy atom. The van der Waals surface area contributed by atoms with Crippen molar-refractivity contribution in [1.82, 2.24) is 15.1 Å². The predicted octanol–water partition coefficient (Wildman–Crippen LogP) is 1.93. The van der Waals surface area contributed by atoms with Crippen molar-refractivity contribution in [2.24, 2.45) is 5.92 Å². The Hall–Kier alpha value is -0.350. The number of rotatable bonds is 5. The smallest absolute Gasteiger partial charge is 0.168 e. The Morgan fingerprint density at radius 3 is 2.65 bits per heavy atom. The predicted molar refractivity (Wildman–Crippen MR) is 78.4 cm³/mol. The topological polar surface area (TPSA) is 18.5 Å². The largest absolute Gasteiger partial charge is 0.363 e. The molecule has 1 fully saturated rings. The van der Waals surface area contributed by atoms with Crippen molar-refractivity contribution < 1.29 is 0 Å². The Bertz CT molecular complexity index is 225. The van der Waals surface area contributed by atoms with Crippen molar-refractivity contribution in [3.8, 4) is 0 Å². The summed E-state index contributed by atoms with van der Waals surface area (Å²) in [4.78, 5) is 4.62. The van der Waals surface area contributed by atoms with E-state index in [0.717, 1.165) is 24.1 Å². The molecule has 0 saturated carbocycles. The maximum atomic E-state index is 5.39. The van der Waals surface area contributed by atoms with Crippen molar-refractivity contribution in [3.05, 3.63) is 0 Å². The van der Waals surface area contributed by atoms with Crippen molar-refractivity contribution in [1.29, 1.82) is 0 Å². The maximum Gasteiger partial charge on any atom is 0.168 e. The van der Waals surface area contributed by atoms with Gasteiger partial charge < -0.3 is 15.1 Å². The molecule has 1 aliphatic rings. The second kappa shape index (κ2) is 7.88. The van der Waals surface area contributed by atoms with Crippen LogP contribution in [0.5, 0.6) is 0 Å². The molecule has 1 heterocycles. The van der Waals surface area contributed by atoms with E-state index < -0.39 is 0 Å². The van der Waals surface area contributed by atoms with Crippen molar-refractivity contribution in [3.63, 3.8) is 0 Å². The zero-order valence-corrected chi connectivity index (χ0v) is 12.4. The average molecular weight is 257 g/mol. The molecule has 0 aromatic rings. The summed E-state index contributed by atoms with van der Waals surface area (Å²) in [7, 11) is 4.32. The van der Waals surface area contributed by atoms with Gasteiger partial charge in [-0.25, -0.2) is 0 Å². The number of likely N-dealkylation sites (tertiary alicyclic amines) is 1. The van der Waals surface area contributed by atoms with Gasteiger partial charge in [0.1, 0.15) is 0 Å². The van der Waals surface area contributed by atoms with Gasteiger partial charge in [0.25, 0.3) is 0 Å². The second-order valence-corrected chi connectivity index (χ2v) is 5.60. The third-order valence-electron chi connectivity index (χ3n) is 3.52. The number of hydrogen-bond acceptors (Lipinski definition) is 2. The Labute approximate surface area is 112 Å². The fourth-order valence-corrected chi connectivity index (χ4v) is 2.40. The Balaban J connectivity index is 2.19. The molecule has 0 aromatic carbocycles. The summed E-state index contributed by atoms with van der Waals surface area (Å²) in [5, 5.41) is 4.24. The minimum absolute atomic E-state index is 0.808. The molecule has 17 heavy (non-hydrogen) atoms. The van der Waals surface area contributed by atoms with Gasteiger partial charge in [0.2, 0.25) is 0 Å². The van der Waals surface area contributed by atoms with Crippen LogP contribution >= 0.6 is 12.2 Å². The van der Waals surface area contributed by atoms with Gasteiger partial charge in [0.05, 0.1) is 0 Å². The molecule has 3 nitrogen and oxygen atoms in total. The average Bonchev–Trinajstić information content (AvgIpc) is 2.32. The quantitative estimate of drug-likeness (QED) is 0.599. The van der Waals surface area contributed by atoms with Gasteiger partial charge >= 0.3 is 0 Å². The van der Waals surface area contributed by atoms with Crippen LogP contribution in [-0.2, 0) is 0 Å². The number of hydrogen-bond donors (Lipinski definition) is 1. The first kappa shape index (κ1) is 14.7. The second-order valence-electron chi connectivity index (χ2n) is 5.21. The summed E-state index contributed by atoms with van der Waals surface area (Å²) >= 11 is 5.39. The highest BCUT2D eigenvalue weighted by Gasteiger charge is 2.18. The van der Waals surface area contributed by atoms with Gasteiger partial charge in [-0.1, -0.05) is 13.3 Å². The molecule has 4 heteroatoms. The molecule has 1 aliphatic heterocycles. The normalized spacial score (nSPS) is 18.1. The van der Waals surface area contributed by atoms with Gasteiger partial charge in [-0.3, -0.25) is 0 Å². The lowest BCUT2D eigenvalue weighted by molar-refractivity contribution is 0.200. The lowest BCUT2D eigenvalue weighted by Gasteiger charge is -2.32. The summed E-state index contributed by atoms with van der Waals surface area (Å²) in [6.45, 7) is 6.77. The van der Waals surface area contributed by atoms with Crippen molar-refractivity contribution in [2.45, 2.75) is 32.6 Å². The van der Waals surface area contributed by atoms with E-state index >= 15 is 0 Å². The summed E-state index contributed by atoms with van der Waals surface area (Å²) < 4.78 is 0. The van der Waals surface area contributed by atoms with Crippen LogP contribution in [0.2, 0.25) is 0 Å². The third kappa shape index (κ3) is 5.68. The van der Waals surface area contributed by atoms with Gasteiger partial charge in [-0.05, 0) is 57.5 Å². The number of unbranched alkanes of at least 4 members (excludes halogenated alkanes) is 1. The van der Waals surface area contributed by atoms with E-state index in [9.17, 15) is 0 Å². The molecule has 1 N–H and O–H groups in total. The highest BCUT2D eigenvalue weighted by atomic mass is 32.1. The molecule has 0 spiro atoms. The number of piperidine rings is 1. The van der Waals surface area contributed by atoms with Gasteiger partial charge in [-0.15, -0.1) is 0 Å². The monoisotopic (exact) mass is 257 g/mol. The molecule has 0 aliphatic carbocycles. The van der Waals surface area contributed by atoms with Crippen LogP contribution in [0, 0.1) is 5.92 Å². The van der Waals surface area contributed by atoms with Crippen LogP contribution in [0.3, 0.4) is 0 Å². The minimum Gasteiger partial charge on any atom is -0.363 e. The van der Waals surface area contributed by atoms with Gasteiger partial charge in [0.15, 0.2) is 5.11 Å². The molecule has 0 radical (unpaired) electrons. The maximum absolute atomic E-state index is 5.39. The lowest BCUT2D eigenvalue weighted by atomic mass is 9.97. The van der Waals surface area contributed by atoms with E-state index in [1.165, 1.54) is 38.8 Å². The van der Waals surface area contributed by atoms with Crippen LogP contribution < -0.4 is 5.32 Å². The van der Waals surface area contributed by atoms with Crippen LogP contribution in [0.15, 0.2) is 0 Å². The zero-order chi connectivity index (χ0) is 12.7. The minimum atomic E-state index is 0.808. The molecule has 1 rings (SSSR count). The van der Waals surface area contributed by atoms with E-state index in [1.807, 2.05) is 0 Å². The van der Waals surface area contributed by atoms with E-state index in [1.54, 1.807) is 0 Å². The Kier molecular flexibility index (Phi) is 6.82. The van der Waals surface area contributed by atoms with E-state index in [4.69, 9.17) is 12.2 Å². The van der Waals surface area contributed by atoms with Crippen LogP contribution in [0.25, 0.3) is 0 Å². The summed E-state index contributed by atoms with van der Waals surface area (Å²) in [6.07, 6.45) is 5.02. The number of nitrogens with one attached hydrogen (secondary N) is 1. The Morgan fingerprint density at radius 2 is 2.06 bits per heavy atom. The highest BCUT2D eigenvalue weighted by molar-refractivity contribution is 7.80. The van der Waals surface area contributed by atoms with Crippen LogP contribution in [0.4, 0.5) is 0 Å². The lowest BCUT2D eigenvalue weighted by Crippen LogP contribution is -2.42. The zero-order valence-electron chi connectivity index (χ0n) is 11.5. The van der Waals surface area contributed by atoms with E-state index in [2.05, 4.69) is 36.1 Å². The molecule has 0 atom stereocenters. The number of nitrogens with zero attached hydrogens (tertiary/aromatic N) is 2. The first-order valence-electron chi connectivity index (χ1n) is 6.81. The molecule has 0 amide bonds. The van der Waals surface area contributed by atoms with Crippen LogP contribution in [0.1, 0.15) is 32.6 Å². The molecule has 100 valence electrons. The first-order chi connectivity index (χ1) is 8.13. The summed E-state index contributed by atoms with van der Waals surface area (Å²) in [5.74, 6) is 0.808. The van der Waals surface area contributed by atoms with Crippen LogP contribution in [-0.4, -0.2) is 55.2 Å². The van der Waals surface area contributed by atoms with Crippen molar-refractivity contribution in [2.75, 3.05) is 40.3 Å². The van der Waals surface area contributed by atoms with Gasteiger partial charge in [0, 0.05) is 20.1 Å². The number of thiocarbonyl (C=S) groups is 1. The van der Waals surface area contributed by atoms with E-state index in [0.29, 0.717) is 0 Å². The van der Waals surface area contributed by atoms with Crippen molar-refractivity contribution >= 4 is 17.3 Å².